The predicted octanol–water partition coefficient (Wildman–Crippen LogP) is 1.20. The Labute approximate surface area is 162 Å². The lowest BCUT2D eigenvalue weighted by atomic mass is 10.2. The molecule has 2 heterocycles. The zero-order valence-corrected chi connectivity index (χ0v) is 15.9. The highest BCUT2D eigenvalue weighted by Gasteiger charge is 2.37. The highest BCUT2D eigenvalue weighted by atomic mass is 32.2. The molecule has 1 aliphatic heterocycles. The maximum atomic E-state index is 12.6. The number of nitrogens with zero attached hydrogens (tertiary/aromatic N) is 5. The van der Waals surface area contributed by atoms with E-state index in [2.05, 4.69) is 15.5 Å². The number of hydrogen-bond donors (Lipinski definition) is 1. The van der Waals surface area contributed by atoms with Gasteiger partial charge in [0, 0.05) is 13.6 Å². The summed E-state index contributed by atoms with van der Waals surface area (Å²) in [6.45, 7) is 0.251. The second kappa shape index (κ2) is 6.97. The summed E-state index contributed by atoms with van der Waals surface area (Å²) in [5.74, 6) is -0.416. The smallest absolute Gasteiger partial charge is 0.326 e. The Hall–Kier alpha value is -3.40. The van der Waals surface area contributed by atoms with E-state index in [9.17, 15) is 13.2 Å². The largest absolute Gasteiger partial charge is 0.349 e. The molecule has 1 aliphatic rings. The van der Waals surface area contributed by atoms with Crippen LogP contribution in [0, 0.1) is 0 Å². The molecule has 0 saturated heterocycles. The van der Waals surface area contributed by atoms with E-state index in [1.165, 1.54) is 26.7 Å². The van der Waals surface area contributed by atoms with Crippen LogP contribution in [0.3, 0.4) is 0 Å². The third kappa shape index (κ3) is 3.07. The van der Waals surface area contributed by atoms with Crippen LogP contribution in [0.2, 0.25) is 0 Å². The molecule has 0 radical (unpaired) electrons. The Balaban J connectivity index is 1.42. The molecule has 0 bridgehead atoms. The van der Waals surface area contributed by atoms with E-state index in [1.807, 2.05) is 30.3 Å². The van der Waals surface area contributed by atoms with E-state index >= 15 is 0 Å². The molecule has 10 heteroatoms. The summed E-state index contributed by atoms with van der Waals surface area (Å²) in [4.78, 5) is 13.7. The first kappa shape index (κ1) is 18.0. The van der Waals surface area contributed by atoms with Gasteiger partial charge in [0.15, 0.2) is 5.69 Å². The second-order valence-electron chi connectivity index (χ2n) is 6.15. The summed E-state index contributed by atoms with van der Waals surface area (Å²) in [5, 5.41) is 10.9. The number of amides is 1. The Morgan fingerprint density at radius 2 is 1.71 bits per heavy atom. The SMILES string of the molecule is CN1c2ccccc2N(CCNC(=O)c2cnn(-c3ccccc3)n2)S1(=O)=O. The van der Waals surface area contributed by atoms with Crippen molar-refractivity contribution in [1.29, 1.82) is 0 Å². The van der Waals surface area contributed by atoms with Gasteiger partial charge in [-0.3, -0.25) is 9.10 Å². The molecule has 1 amide bonds. The minimum Gasteiger partial charge on any atom is -0.349 e. The molecule has 0 atom stereocenters. The number of para-hydroxylation sites is 3. The van der Waals surface area contributed by atoms with Crippen LogP contribution in [0.15, 0.2) is 60.8 Å². The van der Waals surface area contributed by atoms with E-state index in [-0.39, 0.29) is 18.8 Å². The van der Waals surface area contributed by atoms with Crippen LogP contribution in [0.4, 0.5) is 11.4 Å². The molecule has 0 spiro atoms. The molecule has 28 heavy (non-hydrogen) atoms. The van der Waals surface area contributed by atoms with Crippen LogP contribution in [-0.2, 0) is 10.2 Å². The van der Waals surface area contributed by atoms with Crippen molar-refractivity contribution in [2.75, 3.05) is 28.7 Å². The third-order valence-corrected chi connectivity index (χ3v) is 6.25. The van der Waals surface area contributed by atoms with E-state index in [1.54, 1.807) is 24.3 Å². The number of fused-ring (bicyclic) bond motifs is 1. The summed E-state index contributed by atoms with van der Waals surface area (Å²) in [6.07, 6.45) is 1.37. The summed E-state index contributed by atoms with van der Waals surface area (Å²) in [6, 6.07) is 16.3. The molecule has 9 nitrogen and oxygen atoms in total. The zero-order valence-electron chi connectivity index (χ0n) is 15.1. The zero-order chi connectivity index (χ0) is 19.7. The number of anilines is 2. The molecule has 2 aromatic carbocycles. The monoisotopic (exact) mass is 398 g/mol. The first-order chi connectivity index (χ1) is 13.5. The number of hydrogen-bond acceptors (Lipinski definition) is 5. The van der Waals surface area contributed by atoms with Crippen LogP contribution in [0.1, 0.15) is 10.5 Å². The number of benzene rings is 2. The van der Waals surface area contributed by atoms with E-state index in [0.29, 0.717) is 11.4 Å². The van der Waals surface area contributed by atoms with Crippen molar-refractivity contribution in [3.63, 3.8) is 0 Å². The van der Waals surface area contributed by atoms with Gasteiger partial charge in [0.25, 0.3) is 5.91 Å². The summed E-state index contributed by atoms with van der Waals surface area (Å²) in [7, 11) is -2.13. The number of aromatic nitrogens is 3. The highest BCUT2D eigenvalue weighted by molar-refractivity contribution is 7.94. The third-order valence-electron chi connectivity index (χ3n) is 4.43. The van der Waals surface area contributed by atoms with Gasteiger partial charge in [0.05, 0.1) is 29.8 Å². The van der Waals surface area contributed by atoms with Gasteiger partial charge < -0.3 is 5.32 Å². The van der Waals surface area contributed by atoms with Crippen molar-refractivity contribution in [2.45, 2.75) is 0 Å². The fraction of sp³-hybridized carbons (Fsp3) is 0.167. The second-order valence-corrected chi connectivity index (χ2v) is 8.03. The van der Waals surface area contributed by atoms with Crippen LogP contribution in [-0.4, -0.2) is 49.5 Å². The van der Waals surface area contributed by atoms with Crippen LogP contribution in [0.5, 0.6) is 0 Å². The van der Waals surface area contributed by atoms with Crippen molar-refractivity contribution in [1.82, 2.24) is 20.3 Å². The molecule has 4 rings (SSSR count). The molecule has 1 N–H and O–H groups in total. The van der Waals surface area contributed by atoms with Gasteiger partial charge >= 0.3 is 10.2 Å². The number of rotatable bonds is 5. The normalized spacial score (nSPS) is 14.8. The standard InChI is InChI=1S/C18H18N6O3S/c1-22-16-9-5-6-10-17(16)23(28(22,26)27)12-11-19-18(25)15-13-20-24(21-15)14-7-3-2-4-8-14/h2-10,13H,11-12H2,1H3,(H,19,25). The average molecular weight is 398 g/mol. The molecule has 0 unspecified atom stereocenters. The molecule has 1 aromatic heterocycles. The van der Waals surface area contributed by atoms with Crippen molar-refractivity contribution < 1.29 is 13.2 Å². The number of carbonyl (C=O) groups excluding carboxylic acids is 1. The van der Waals surface area contributed by atoms with Crippen LogP contribution < -0.4 is 13.9 Å². The Morgan fingerprint density at radius 1 is 1.04 bits per heavy atom. The lowest BCUT2D eigenvalue weighted by Crippen LogP contribution is -2.40. The minimum atomic E-state index is -3.64. The van der Waals surface area contributed by atoms with Crippen LogP contribution >= 0.6 is 0 Å². The van der Waals surface area contributed by atoms with Gasteiger partial charge in [-0.25, -0.2) is 4.31 Å². The number of nitrogens with one attached hydrogen (secondary N) is 1. The quantitative estimate of drug-likeness (QED) is 0.696. The van der Waals surface area contributed by atoms with Gasteiger partial charge in [-0.05, 0) is 24.3 Å². The van der Waals surface area contributed by atoms with Crippen LogP contribution in [0.25, 0.3) is 5.69 Å². The first-order valence-corrected chi connectivity index (χ1v) is 10.00. The lowest BCUT2D eigenvalue weighted by molar-refractivity contribution is 0.0949. The first-order valence-electron chi connectivity index (χ1n) is 8.60. The number of carbonyl (C=O) groups is 1. The summed E-state index contributed by atoms with van der Waals surface area (Å²) < 4.78 is 27.7. The molecule has 3 aromatic rings. The van der Waals surface area contributed by atoms with Crippen molar-refractivity contribution >= 4 is 27.5 Å². The summed E-state index contributed by atoms with van der Waals surface area (Å²) >= 11 is 0. The van der Waals surface area contributed by atoms with Crippen molar-refractivity contribution in [3.8, 4) is 5.69 Å². The predicted molar refractivity (Wildman–Crippen MR) is 105 cm³/mol. The van der Waals surface area contributed by atoms with E-state index < -0.39 is 16.1 Å². The molecule has 0 fully saturated rings. The van der Waals surface area contributed by atoms with Gasteiger partial charge in [-0.1, -0.05) is 30.3 Å². The summed E-state index contributed by atoms with van der Waals surface area (Å²) in [5.41, 5.74) is 2.10. The molecule has 144 valence electrons. The van der Waals surface area contributed by atoms with E-state index in [4.69, 9.17) is 0 Å². The Bertz CT molecular complexity index is 1110. The van der Waals surface area contributed by atoms with E-state index in [0.717, 1.165) is 5.69 Å². The van der Waals surface area contributed by atoms with Crippen molar-refractivity contribution in [3.05, 3.63) is 66.5 Å². The minimum absolute atomic E-state index is 0.113. The molecule has 0 aliphatic carbocycles. The van der Waals surface area contributed by atoms with Gasteiger partial charge in [0.2, 0.25) is 0 Å². The highest BCUT2D eigenvalue weighted by Crippen LogP contribution is 2.38. The fourth-order valence-electron chi connectivity index (χ4n) is 2.99. The van der Waals surface area contributed by atoms with Gasteiger partial charge in [-0.15, -0.1) is 5.10 Å². The maximum absolute atomic E-state index is 12.6. The Morgan fingerprint density at radius 3 is 2.46 bits per heavy atom. The van der Waals surface area contributed by atoms with Crippen molar-refractivity contribution in [2.24, 2.45) is 0 Å². The molecular weight excluding hydrogens is 380 g/mol. The van der Waals surface area contributed by atoms with Gasteiger partial charge in [-0.2, -0.15) is 18.3 Å². The lowest BCUT2D eigenvalue weighted by Gasteiger charge is -2.19. The van der Waals surface area contributed by atoms with Gasteiger partial charge in [0.1, 0.15) is 0 Å². The maximum Gasteiger partial charge on any atom is 0.326 e. The molecular formula is C18H18N6O3S. The Kier molecular flexibility index (Phi) is 4.47. The fourth-order valence-corrected chi connectivity index (χ4v) is 4.41. The average Bonchev–Trinajstić information content (AvgIpc) is 3.27. The topological polar surface area (TPSA) is 100 Å². The molecule has 0 saturated carbocycles.